The van der Waals surface area contributed by atoms with Crippen molar-refractivity contribution in [1.29, 1.82) is 0 Å². The van der Waals surface area contributed by atoms with Crippen LogP contribution in [-0.4, -0.2) is 17.0 Å². The number of fused-ring (bicyclic) bond motifs is 1. The Morgan fingerprint density at radius 3 is 2.50 bits per heavy atom. The van der Waals surface area contributed by atoms with Gasteiger partial charge in [-0.15, -0.1) is 10.2 Å². The number of rotatable bonds is 4. The fourth-order valence-corrected chi connectivity index (χ4v) is 2.32. The van der Waals surface area contributed by atoms with Crippen molar-refractivity contribution in [2.75, 3.05) is 5.73 Å². The number of anilines is 1. The number of aromatic nitrogens is 1. The fraction of sp³-hybridized carbons (Fsp3) is 0.167. The summed E-state index contributed by atoms with van der Waals surface area (Å²) in [7, 11) is 0. The van der Waals surface area contributed by atoms with Gasteiger partial charge in [0.2, 0.25) is 0 Å². The van der Waals surface area contributed by atoms with Crippen LogP contribution in [0.3, 0.4) is 0 Å². The summed E-state index contributed by atoms with van der Waals surface area (Å²) in [4.78, 5) is 15.0. The van der Waals surface area contributed by atoms with Crippen LogP contribution in [0.2, 0.25) is 0 Å². The SMILES string of the molecule is Cc1ccc(O[C@H](C)C(=O)N=Nc2[nH]c(N)c3ccccc23)cc1. The molecule has 3 rings (SSSR count). The van der Waals surface area contributed by atoms with Gasteiger partial charge in [-0.3, -0.25) is 4.79 Å². The molecule has 0 bridgehead atoms. The molecule has 0 aliphatic rings. The number of benzene rings is 2. The Morgan fingerprint density at radius 1 is 1.12 bits per heavy atom. The summed E-state index contributed by atoms with van der Waals surface area (Å²) >= 11 is 0. The fourth-order valence-electron chi connectivity index (χ4n) is 2.32. The molecule has 0 unspecified atom stereocenters. The zero-order chi connectivity index (χ0) is 17.1. The summed E-state index contributed by atoms with van der Waals surface area (Å²) in [5.41, 5.74) is 7.01. The highest BCUT2D eigenvalue weighted by Crippen LogP contribution is 2.30. The molecule has 1 aromatic heterocycles. The van der Waals surface area contributed by atoms with Crippen LogP contribution < -0.4 is 10.5 Å². The van der Waals surface area contributed by atoms with Crippen LogP contribution in [0.1, 0.15) is 12.5 Å². The van der Waals surface area contributed by atoms with Gasteiger partial charge in [-0.25, -0.2) is 0 Å². The number of azo groups is 1. The molecular formula is C18H18N4O2. The van der Waals surface area contributed by atoms with E-state index < -0.39 is 12.0 Å². The van der Waals surface area contributed by atoms with E-state index in [9.17, 15) is 4.79 Å². The molecule has 0 aliphatic heterocycles. The van der Waals surface area contributed by atoms with Gasteiger partial charge < -0.3 is 15.5 Å². The average Bonchev–Trinajstić information content (AvgIpc) is 2.91. The Bertz CT molecular complexity index is 897. The minimum Gasteiger partial charge on any atom is -0.481 e. The van der Waals surface area contributed by atoms with E-state index in [0.29, 0.717) is 17.4 Å². The second kappa shape index (κ2) is 6.54. The van der Waals surface area contributed by atoms with Gasteiger partial charge in [0, 0.05) is 10.8 Å². The van der Waals surface area contributed by atoms with Crippen LogP contribution in [0.15, 0.2) is 58.8 Å². The van der Waals surface area contributed by atoms with Gasteiger partial charge in [0.25, 0.3) is 0 Å². The number of ether oxygens (including phenoxy) is 1. The summed E-state index contributed by atoms with van der Waals surface area (Å²) in [5.74, 6) is 1.11. The van der Waals surface area contributed by atoms with Gasteiger partial charge in [-0.1, -0.05) is 42.0 Å². The first-order valence-electron chi connectivity index (χ1n) is 7.59. The Balaban J connectivity index is 1.73. The van der Waals surface area contributed by atoms with Crippen molar-refractivity contribution in [3.63, 3.8) is 0 Å². The number of carbonyl (C=O) groups is 1. The molecule has 24 heavy (non-hydrogen) atoms. The lowest BCUT2D eigenvalue weighted by Crippen LogP contribution is -2.21. The van der Waals surface area contributed by atoms with Crippen molar-refractivity contribution in [3.05, 3.63) is 54.1 Å². The maximum atomic E-state index is 12.1. The number of hydrogen-bond donors (Lipinski definition) is 2. The van der Waals surface area contributed by atoms with Crippen LogP contribution in [-0.2, 0) is 4.79 Å². The molecule has 1 amide bonds. The largest absolute Gasteiger partial charge is 0.481 e. The van der Waals surface area contributed by atoms with Crippen LogP contribution in [0.25, 0.3) is 10.8 Å². The number of nitrogens with two attached hydrogens (primary N) is 1. The number of amides is 1. The van der Waals surface area contributed by atoms with E-state index >= 15 is 0 Å². The normalized spacial score (nSPS) is 12.6. The van der Waals surface area contributed by atoms with Crippen LogP contribution in [0.4, 0.5) is 11.6 Å². The van der Waals surface area contributed by atoms with Gasteiger partial charge in [0.1, 0.15) is 11.6 Å². The van der Waals surface area contributed by atoms with Crippen LogP contribution >= 0.6 is 0 Å². The predicted octanol–water partition coefficient (Wildman–Crippen LogP) is 4.14. The number of nitrogen functional groups attached to an aromatic ring is 1. The zero-order valence-corrected chi connectivity index (χ0v) is 13.5. The third kappa shape index (κ3) is 3.27. The third-order valence-corrected chi connectivity index (χ3v) is 3.66. The van der Waals surface area contributed by atoms with Crippen LogP contribution in [0, 0.1) is 6.92 Å². The first kappa shape index (κ1) is 15.7. The second-order valence-electron chi connectivity index (χ2n) is 5.54. The van der Waals surface area contributed by atoms with Gasteiger partial charge in [-0.05, 0) is 26.0 Å². The molecule has 0 radical (unpaired) electrons. The topological polar surface area (TPSA) is 92.8 Å². The van der Waals surface area contributed by atoms with E-state index in [1.807, 2.05) is 55.5 Å². The highest BCUT2D eigenvalue weighted by Gasteiger charge is 2.15. The van der Waals surface area contributed by atoms with Gasteiger partial charge in [0.15, 0.2) is 11.9 Å². The summed E-state index contributed by atoms with van der Waals surface area (Å²) in [6, 6.07) is 15.0. The molecule has 0 fully saturated rings. The van der Waals surface area contributed by atoms with Crippen molar-refractivity contribution in [2.24, 2.45) is 10.2 Å². The number of aromatic amines is 1. The maximum absolute atomic E-state index is 12.1. The van der Waals surface area contributed by atoms with E-state index in [1.165, 1.54) is 0 Å². The summed E-state index contributed by atoms with van der Waals surface area (Å²) < 4.78 is 5.57. The standard InChI is InChI=1S/C18H18N4O2/c1-11-7-9-13(10-8-11)24-12(2)18(23)22-21-17-15-6-4-3-5-14(15)16(19)20-17/h3-10,12,20H,19H2,1-2H3/t12-/m1/s1. The van der Waals surface area contributed by atoms with Gasteiger partial charge in [0.05, 0.1) is 0 Å². The quantitative estimate of drug-likeness (QED) is 0.707. The van der Waals surface area contributed by atoms with Gasteiger partial charge >= 0.3 is 5.91 Å². The average molecular weight is 322 g/mol. The molecule has 0 saturated heterocycles. The van der Waals surface area contributed by atoms with E-state index in [4.69, 9.17) is 10.5 Å². The highest BCUT2D eigenvalue weighted by atomic mass is 16.5. The molecule has 0 saturated carbocycles. The molecule has 6 nitrogen and oxygen atoms in total. The molecule has 3 N–H and O–H groups in total. The number of carbonyl (C=O) groups excluding carboxylic acids is 1. The van der Waals surface area contributed by atoms with Crippen molar-refractivity contribution >= 4 is 28.3 Å². The molecule has 1 heterocycles. The molecule has 122 valence electrons. The molecule has 0 spiro atoms. The van der Waals surface area contributed by atoms with Crippen molar-refractivity contribution in [2.45, 2.75) is 20.0 Å². The van der Waals surface area contributed by atoms with Crippen LogP contribution in [0.5, 0.6) is 5.75 Å². The van der Waals surface area contributed by atoms with E-state index in [1.54, 1.807) is 6.92 Å². The smallest absolute Gasteiger partial charge is 0.304 e. The Morgan fingerprint density at radius 2 is 1.79 bits per heavy atom. The van der Waals surface area contributed by atoms with E-state index in [0.717, 1.165) is 16.3 Å². The molecule has 2 aromatic carbocycles. The lowest BCUT2D eigenvalue weighted by atomic mass is 10.2. The molecule has 3 aromatic rings. The summed E-state index contributed by atoms with van der Waals surface area (Å²) in [6.07, 6.45) is -0.727. The maximum Gasteiger partial charge on any atom is 0.304 e. The molecule has 0 aliphatic carbocycles. The highest BCUT2D eigenvalue weighted by molar-refractivity contribution is 5.99. The Hall–Kier alpha value is -3.15. The van der Waals surface area contributed by atoms with E-state index in [2.05, 4.69) is 15.2 Å². The number of nitrogens with one attached hydrogen (secondary N) is 1. The van der Waals surface area contributed by atoms with Gasteiger partial charge in [-0.2, -0.15) is 0 Å². The monoisotopic (exact) mass is 322 g/mol. The Kier molecular flexibility index (Phi) is 4.29. The minimum absolute atomic E-state index is 0.457. The minimum atomic E-state index is -0.727. The number of nitrogens with zero attached hydrogens (tertiary/aromatic N) is 2. The molecule has 1 atom stereocenters. The van der Waals surface area contributed by atoms with Crippen molar-refractivity contribution in [1.82, 2.24) is 4.98 Å². The zero-order valence-electron chi connectivity index (χ0n) is 13.5. The lowest BCUT2D eigenvalue weighted by molar-refractivity contribution is -0.124. The number of hydrogen-bond acceptors (Lipinski definition) is 4. The van der Waals surface area contributed by atoms with Crippen molar-refractivity contribution in [3.8, 4) is 5.75 Å². The molecule has 6 heteroatoms. The predicted molar refractivity (Wildman–Crippen MR) is 93.5 cm³/mol. The first-order chi connectivity index (χ1) is 11.5. The third-order valence-electron chi connectivity index (χ3n) is 3.66. The second-order valence-corrected chi connectivity index (χ2v) is 5.54. The first-order valence-corrected chi connectivity index (χ1v) is 7.59. The molecular weight excluding hydrogens is 304 g/mol. The number of H-pyrrole nitrogens is 1. The van der Waals surface area contributed by atoms with E-state index in [-0.39, 0.29) is 0 Å². The summed E-state index contributed by atoms with van der Waals surface area (Å²) in [6.45, 7) is 3.63. The Labute approximate surface area is 139 Å². The lowest BCUT2D eigenvalue weighted by Gasteiger charge is -2.10. The number of aryl methyl sites for hydroxylation is 1. The van der Waals surface area contributed by atoms with Crippen molar-refractivity contribution < 1.29 is 9.53 Å². The summed E-state index contributed by atoms with van der Waals surface area (Å²) in [5, 5.41) is 9.41.